The van der Waals surface area contributed by atoms with Gasteiger partial charge in [-0.15, -0.1) is 0 Å². The molecule has 4 rings (SSSR count). The number of ether oxygens (including phenoxy) is 1. The number of hydrogen-bond donors (Lipinski definition) is 1. The summed E-state index contributed by atoms with van der Waals surface area (Å²) >= 11 is 0. The molecule has 0 radical (unpaired) electrons. The Morgan fingerprint density at radius 3 is 2.63 bits per heavy atom. The average molecular weight is 414 g/mol. The fraction of sp³-hybridized carbons (Fsp3) is 0.391. The van der Waals surface area contributed by atoms with Gasteiger partial charge < -0.3 is 15.0 Å². The molecule has 2 aromatic rings. The second-order valence-corrected chi connectivity index (χ2v) is 7.97. The van der Waals surface area contributed by atoms with E-state index in [-0.39, 0.29) is 23.3 Å². The standard InChI is InChI=1S/C23H24F2N2O3/c24-20-9-6-17(12-21(20)25)23(29)27-10-2-3-15(13-27)14-30-19-5-1-4-16(11-19)22(28)26-18-7-8-18/h1,4-6,9,11-12,15,18H,2-3,7-8,10,13-14H2,(H,26,28). The number of likely N-dealkylation sites (tertiary alicyclic amines) is 1. The van der Waals surface area contributed by atoms with Crippen molar-refractivity contribution >= 4 is 11.8 Å². The summed E-state index contributed by atoms with van der Waals surface area (Å²) in [6.45, 7) is 1.47. The third-order valence-corrected chi connectivity index (χ3v) is 5.47. The van der Waals surface area contributed by atoms with E-state index in [4.69, 9.17) is 4.74 Å². The first-order chi connectivity index (χ1) is 14.5. The van der Waals surface area contributed by atoms with Crippen molar-refractivity contribution in [2.45, 2.75) is 31.7 Å². The molecule has 1 saturated heterocycles. The largest absolute Gasteiger partial charge is 0.493 e. The maximum Gasteiger partial charge on any atom is 0.253 e. The van der Waals surface area contributed by atoms with Crippen LogP contribution >= 0.6 is 0 Å². The van der Waals surface area contributed by atoms with Crippen molar-refractivity contribution in [1.82, 2.24) is 10.2 Å². The lowest BCUT2D eigenvalue weighted by Crippen LogP contribution is -2.41. The van der Waals surface area contributed by atoms with Crippen LogP contribution in [0.4, 0.5) is 8.78 Å². The number of benzene rings is 2. The molecular formula is C23H24F2N2O3. The lowest BCUT2D eigenvalue weighted by atomic mass is 9.98. The molecule has 1 aliphatic carbocycles. The highest BCUT2D eigenvalue weighted by atomic mass is 19.2. The fourth-order valence-corrected chi connectivity index (χ4v) is 3.63. The Labute approximate surface area is 174 Å². The third-order valence-electron chi connectivity index (χ3n) is 5.47. The summed E-state index contributed by atoms with van der Waals surface area (Å²) in [5.74, 6) is -1.66. The van der Waals surface area contributed by atoms with Crippen molar-refractivity contribution in [2.75, 3.05) is 19.7 Å². The van der Waals surface area contributed by atoms with Crippen molar-refractivity contribution < 1.29 is 23.1 Å². The molecule has 0 spiro atoms. The van der Waals surface area contributed by atoms with Crippen LogP contribution in [-0.2, 0) is 0 Å². The van der Waals surface area contributed by atoms with E-state index in [1.54, 1.807) is 29.2 Å². The average Bonchev–Trinajstić information content (AvgIpc) is 3.58. The van der Waals surface area contributed by atoms with E-state index in [1.807, 2.05) is 0 Å². The van der Waals surface area contributed by atoms with Gasteiger partial charge in [-0.3, -0.25) is 9.59 Å². The van der Waals surface area contributed by atoms with Gasteiger partial charge in [0, 0.05) is 36.2 Å². The van der Waals surface area contributed by atoms with Crippen molar-refractivity contribution in [3.05, 3.63) is 65.2 Å². The van der Waals surface area contributed by atoms with Crippen LogP contribution in [0.25, 0.3) is 0 Å². The van der Waals surface area contributed by atoms with E-state index < -0.39 is 11.6 Å². The molecule has 1 saturated carbocycles. The van der Waals surface area contributed by atoms with E-state index in [9.17, 15) is 18.4 Å². The van der Waals surface area contributed by atoms with E-state index in [1.165, 1.54) is 6.07 Å². The van der Waals surface area contributed by atoms with Crippen molar-refractivity contribution in [3.63, 3.8) is 0 Å². The summed E-state index contributed by atoms with van der Waals surface area (Å²) in [4.78, 5) is 26.5. The van der Waals surface area contributed by atoms with Gasteiger partial charge in [0.1, 0.15) is 5.75 Å². The quantitative estimate of drug-likeness (QED) is 0.783. The van der Waals surface area contributed by atoms with Gasteiger partial charge in [-0.05, 0) is 62.1 Å². The van der Waals surface area contributed by atoms with Gasteiger partial charge in [0.15, 0.2) is 11.6 Å². The molecule has 7 heteroatoms. The zero-order chi connectivity index (χ0) is 21.1. The normalized spacial score (nSPS) is 18.7. The number of halogens is 2. The number of nitrogens with one attached hydrogen (secondary N) is 1. The molecule has 30 heavy (non-hydrogen) atoms. The lowest BCUT2D eigenvalue weighted by Gasteiger charge is -2.32. The Kier molecular flexibility index (Phi) is 5.97. The lowest BCUT2D eigenvalue weighted by molar-refractivity contribution is 0.0632. The van der Waals surface area contributed by atoms with Crippen LogP contribution in [-0.4, -0.2) is 42.5 Å². The van der Waals surface area contributed by atoms with E-state index in [0.29, 0.717) is 37.1 Å². The Morgan fingerprint density at radius 2 is 1.87 bits per heavy atom. The van der Waals surface area contributed by atoms with Crippen molar-refractivity contribution in [1.29, 1.82) is 0 Å². The van der Waals surface area contributed by atoms with Crippen LogP contribution in [0.2, 0.25) is 0 Å². The van der Waals surface area contributed by atoms with Crippen LogP contribution in [0.1, 0.15) is 46.4 Å². The van der Waals surface area contributed by atoms with Crippen molar-refractivity contribution in [3.8, 4) is 5.75 Å². The predicted octanol–water partition coefficient (Wildman–Crippen LogP) is 3.79. The molecule has 1 N–H and O–H groups in total. The Balaban J connectivity index is 1.33. The smallest absolute Gasteiger partial charge is 0.253 e. The number of carbonyl (C=O) groups is 2. The Bertz CT molecular complexity index is 946. The summed E-state index contributed by atoms with van der Waals surface area (Å²) in [5.41, 5.74) is 0.711. The summed E-state index contributed by atoms with van der Waals surface area (Å²) in [6, 6.07) is 10.6. The minimum Gasteiger partial charge on any atom is -0.493 e. The summed E-state index contributed by atoms with van der Waals surface area (Å²) in [5, 5.41) is 2.96. The molecule has 2 aromatic carbocycles. The van der Waals surface area contributed by atoms with Gasteiger partial charge in [0.05, 0.1) is 6.61 Å². The predicted molar refractivity (Wildman–Crippen MR) is 107 cm³/mol. The van der Waals surface area contributed by atoms with Crippen LogP contribution in [0, 0.1) is 17.6 Å². The molecule has 2 aliphatic rings. The second-order valence-electron chi connectivity index (χ2n) is 7.97. The second kappa shape index (κ2) is 8.81. The summed E-state index contributed by atoms with van der Waals surface area (Å²) in [7, 11) is 0. The number of piperidine rings is 1. The highest BCUT2D eigenvalue weighted by Crippen LogP contribution is 2.23. The number of nitrogens with zero attached hydrogens (tertiary/aromatic N) is 1. The van der Waals surface area contributed by atoms with Gasteiger partial charge >= 0.3 is 0 Å². The van der Waals surface area contributed by atoms with E-state index in [0.717, 1.165) is 37.8 Å². The number of hydrogen-bond acceptors (Lipinski definition) is 3. The molecular weight excluding hydrogens is 390 g/mol. The highest BCUT2D eigenvalue weighted by molar-refractivity contribution is 5.95. The van der Waals surface area contributed by atoms with Gasteiger partial charge in [0.25, 0.3) is 11.8 Å². The van der Waals surface area contributed by atoms with E-state index >= 15 is 0 Å². The molecule has 1 aliphatic heterocycles. The third kappa shape index (κ3) is 4.96. The topological polar surface area (TPSA) is 58.6 Å². The first kappa shape index (κ1) is 20.3. The zero-order valence-corrected chi connectivity index (χ0v) is 16.6. The fourth-order valence-electron chi connectivity index (χ4n) is 3.63. The molecule has 1 atom stereocenters. The summed E-state index contributed by atoms with van der Waals surface area (Å²) in [6.07, 6.45) is 3.78. The first-order valence-electron chi connectivity index (χ1n) is 10.3. The van der Waals surface area contributed by atoms with E-state index in [2.05, 4.69) is 5.32 Å². The molecule has 2 amide bonds. The van der Waals surface area contributed by atoms with Crippen molar-refractivity contribution in [2.24, 2.45) is 5.92 Å². The minimum absolute atomic E-state index is 0.0936. The molecule has 1 unspecified atom stereocenters. The minimum atomic E-state index is -1.02. The number of amides is 2. The summed E-state index contributed by atoms with van der Waals surface area (Å²) < 4.78 is 32.5. The van der Waals surface area contributed by atoms with Crippen LogP contribution in [0.15, 0.2) is 42.5 Å². The molecule has 0 bridgehead atoms. The molecule has 0 aromatic heterocycles. The Morgan fingerprint density at radius 1 is 1.03 bits per heavy atom. The van der Waals surface area contributed by atoms with Crippen LogP contribution < -0.4 is 10.1 Å². The first-order valence-corrected chi connectivity index (χ1v) is 10.3. The van der Waals surface area contributed by atoms with Gasteiger partial charge in [-0.1, -0.05) is 6.07 Å². The monoisotopic (exact) mass is 414 g/mol. The number of carbonyl (C=O) groups excluding carboxylic acids is 2. The Hall–Kier alpha value is -2.96. The highest BCUT2D eigenvalue weighted by Gasteiger charge is 2.26. The van der Waals surface area contributed by atoms with Crippen LogP contribution in [0.5, 0.6) is 5.75 Å². The van der Waals surface area contributed by atoms with Gasteiger partial charge in [0.2, 0.25) is 0 Å². The number of rotatable bonds is 6. The zero-order valence-electron chi connectivity index (χ0n) is 16.6. The molecule has 158 valence electrons. The van der Waals surface area contributed by atoms with Crippen LogP contribution in [0.3, 0.4) is 0 Å². The SMILES string of the molecule is O=C(NC1CC1)c1cccc(OCC2CCCN(C(=O)c3ccc(F)c(F)c3)C2)c1. The molecule has 5 nitrogen and oxygen atoms in total. The molecule has 2 fully saturated rings. The maximum absolute atomic E-state index is 13.5. The molecule has 1 heterocycles. The van der Waals surface area contributed by atoms with Gasteiger partial charge in [-0.25, -0.2) is 8.78 Å². The van der Waals surface area contributed by atoms with Gasteiger partial charge in [-0.2, -0.15) is 0 Å². The maximum atomic E-state index is 13.5.